The van der Waals surface area contributed by atoms with Crippen molar-refractivity contribution in [3.8, 4) is 11.3 Å². The van der Waals surface area contributed by atoms with Gasteiger partial charge in [0.05, 0.1) is 6.20 Å². The van der Waals surface area contributed by atoms with Crippen molar-refractivity contribution in [2.24, 2.45) is 0 Å². The van der Waals surface area contributed by atoms with Gasteiger partial charge in [0, 0.05) is 23.7 Å². The van der Waals surface area contributed by atoms with Gasteiger partial charge in [-0.25, -0.2) is 18.7 Å². The number of aromatic nitrogens is 4. The first-order valence-corrected chi connectivity index (χ1v) is 11.1. The number of benzene rings is 1. The maximum Gasteiger partial charge on any atom is 0.278 e. The second-order valence-corrected chi connectivity index (χ2v) is 9.10. The molecule has 0 saturated heterocycles. The molecule has 2 aromatic heterocycles. The molecule has 0 amide bonds. The van der Waals surface area contributed by atoms with Crippen LogP contribution in [0.2, 0.25) is 0 Å². The van der Waals surface area contributed by atoms with Crippen LogP contribution in [0.4, 0.5) is 20.4 Å². The van der Waals surface area contributed by atoms with Crippen LogP contribution in [0.3, 0.4) is 0 Å². The quantitative estimate of drug-likeness (QED) is 0.565. The molecule has 0 unspecified atom stereocenters. The average molecular weight is 458 g/mol. The molecule has 4 rings (SSSR count). The largest absolute Gasteiger partial charge is 0.394 e. The van der Waals surface area contributed by atoms with Gasteiger partial charge < -0.3 is 16.0 Å². The number of nitrogens with one attached hydrogen (secondary N) is 1. The number of hydrogen-bond acceptors (Lipinski definition) is 7. The highest BCUT2D eigenvalue weighted by Gasteiger charge is 2.24. The van der Waals surface area contributed by atoms with E-state index in [0.29, 0.717) is 23.2 Å². The van der Waals surface area contributed by atoms with Crippen LogP contribution in [0.5, 0.6) is 0 Å². The molecule has 3 aromatic rings. The molecule has 1 fully saturated rings. The fourth-order valence-electron chi connectivity index (χ4n) is 4.38. The standard InChI is InChI=1S/C23H29F2N7O/c1-12(2)32-21-18(29-20(22(32)33)13-9-16(24)19(26)17(25)10-13)11-27-23(30-21)28-14-5-7-15(8-6-14)31(3)4/h9-12,14-15H,5-8,26H2,1-4H3,(H,27,28,30). The number of hydrogen-bond donors (Lipinski definition) is 2. The molecule has 0 spiro atoms. The van der Waals surface area contributed by atoms with E-state index in [1.165, 1.54) is 10.8 Å². The van der Waals surface area contributed by atoms with E-state index in [-0.39, 0.29) is 23.3 Å². The van der Waals surface area contributed by atoms with Crippen LogP contribution in [0.15, 0.2) is 23.1 Å². The molecule has 0 radical (unpaired) electrons. The van der Waals surface area contributed by atoms with Crippen molar-refractivity contribution in [1.82, 2.24) is 24.4 Å². The first kappa shape index (κ1) is 23.0. The normalized spacial score (nSPS) is 18.9. The second-order valence-electron chi connectivity index (χ2n) is 9.10. The number of nitrogen functional groups attached to an aromatic ring is 1. The molecule has 1 aromatic carbocycles. The summed E-state index contributed by atoms with van der Waals surface area (Å²) in [5, 5.41) is 3.39. The SMILES string of the molecule is CC(C)n1c(=O)c(-c2cc(F)c(N)c(F)c2)nc2cnc(NC3CCC(N(C)C)CC3)nc21. The number of halogens is 2. The van der Waals surface area contributed by atoms with E-state index < -0.39 is 22.9 Å². The van der Waals surface area contributed by atoms with E-state index >= 15 is 0 Å². The summed E-state index contributed by atoms with van der Waals surface area (Å²) in [6.45, 7) is 3.68. The van der Waals surface area contributed by atoms with E-state index in [1.54, 1.807) is 0 Å². The Kier molecular flexibility index (Phi) is 6.29. The maximum absolute atomic E-state index is 14.0. The van der Waals surface area contributed by atoms with Crippen LogP contribution in [0, 0.1) is 11.6 Å². The Hall–Kier alpha value is -3.14. The summed E-state index contributed by atoms with van der Waals surface area (Å²) in [5.74, 6) is -1.45. The van der Waals surface area contributed by atoms with Gasteiger partial charge in [0.2, 0.25) is 5.95 Å². The predicted molar refractivity (Wildman–Crippen MR) is 125 cm³/mol. The first-order valence-electron chi connectivity index (χ1n) is 11.1. The minimum atomic E-state index is -0.942. The van der Waals surface area contributed by atoms with E-state index in [4.69, 9.17) is 5.73 Å². The summed E-state index contributed by atoms with van der Waals surface area (Å²) >= 11 is 0. The highest BCUT2D eigenvalue weighted by atomic mass is 19.1. The van der Waals surface area contributed by atoms with Gasteiger partial charge in [0.15, 0.2) is 5.65 Å². The van der Waals surface area contributed by atoms with E-state index in [0.717, 1.165) is 37.8 Å². The van der Waals surface area contributed by atoms with Crippen LogP contribution >= 0.6 is 0 Å². The first-order chi connectivity index (χ1) is 15.7. The van der Waals surface area contributed by atoms with Crippen LogP contribution in [-0.4, -0.2) is 50.6 Å². The van der Waals surface area contributed by atoms with Crippen LogP contribution < -0.4 is 16.6 Å². The third-order valence-corrected chi connectivity index (χ3v) is 6.26. The highest BCUT2D eigenvalue weighted by molar-refractivity contribution is 5.75. The van der Waals surface area contributed by atoms with Crippen molar-refractivity contribution in [2.75, 3.05) is 25.1 Å². The van der Waals surface area contributed by atoms with Gasteiger partial charge in [0.25, 0.3) is 5.56 Å². The molecule has 33 heavy (non-hydrogen) atoms. The third-order valence-electron chi connectivity index (χ3n) is 6.26. The number of fused-ring (bicyclic) bond motifs is 1. The molecular formula is C23H29F2N7O. The number of nitrogens with zero attached hydrogens (tertiary/aromatic N) is 5. The van der Waals surface area contributed by atoms with Gasteiger partial charge in [-0.3, -0.25) is 9.36 Å². The Morgan fingerprint density at radius 1 is 1.12 bits per heavy atom. The number of rotatable bonds is 5. The van der Waals surface area contributed by atoms with Gasteiger partial charge in [-0.15, -0.1) is 0 Å². The Morgan fingerprint density at radius 3 is 2.33 bits per heavy atom. The molecule has 3 N–H and O–H groups in total. The molecule has 1 saturated carbocycles. The zero-order valence-electron chi connectivity index (χ0n) is 19.3. The molecule has 1 aliphatic rings. The van der Waals surface area contributed by atoms with E-state index in [2.05, 4.69) is 39.3 Å². The third kappa shape index (κ3) is 4.52. The Labute approximate surface area is 190 Å². The van der Waals surface area contributed by atoms with Gasteiger partial charge >= 0.3 is 0 Å². The Bertz CT molecular complexity index is 1210. The van der Waals surface area contributed by atoms with Gasteiger partial charge in [0.1, 0.15) is 28.5 Å². The minimum absolute atomic E-state index is 0.0142. The smallest absolute Gasteiger partial charge is 0.278 e. The van der Waals surface area contributed by atoms with Crippen molar-refractivity contribution in [1.29, 1.82) is 0 Å². The maximum atomic E-state index is 14.0. The van der Waals surface area contributed by atoms with Crippen LogP contribution in [0.25, 0.3) is 22.4 Å². The van der Waals surface area contributed by atoms with Crippen molar-refractivity contribution in [2.45, 2.75) is 57.7 Å². The van der Waals surface area contributed by atoms with E-state index in [1.807, 2.05) is 13.8 Å². The predicted octanol–water partition coefficient (Wildman–Crippen LogP) is 3.58. The van der Waals surface area contributed by atoms with Gasteiger partial charge in [-0.2, -0.15) is 4.98 Å². The van der Waals surface area contributed by atoms with E-state index in [9.17, 15) is 13.6 Å². The Balaban J connectivity index is 1.72. The Morgan fingerprint density at radius 2 is 1.76 bits per heavy atom. The van der Waals surface area contributed by atoms with Gasteiger partial charge in [-0.1, -0.05) is 0 Å². The van der Waals surface area contributed by atoms with Crippen molar-refractivity contribution in [3.05, 3.63) is 40.3 Å². The topological polar surface area (TPSA) is 102 Å². The molecule has 0 atom stereocenters. The summed E-state index contributed by atoms with van der Waals surface area (Å²) < 4.78 is 29.5. The minimum Gasteiger partial charge on any atom is -0.394 e. The number of nitrogens with two attached hydrogens (primary N) is 1. The van der Waals surface area contributed by atoms with Crippen LogP contribution in [-0.2, 0) is 0 Å². The summed E-state index contributed by atoms with van der Waals surface area (Å²) in [6, 6.07) is 2.60. The van der Waals surface area contributed by atoms with Gasteiger partial charge in [-0.05, 0) is 65.8 Å². The molecule has 176 valence electrons. The molecule has 0 bridgehead atoms. The lowest BCUT2D eigenvalue weighted by molar-refractivity contribution is 0.221. The summed E-state index contributed by atoms with van der Waals surface area (Å²) in [7, 11) is 4.20. The summed E-state index contributed by atoms with van der Waals surface area (Å²) in [4.78, 5) is 28.9. The van der Waals surface area contributed by atoms with Crippen LogP contribution in [0.1, 0.15) is 45.6 Å². The fraction of sp³-hybridized carbons (Fsp3) is 0.478. The van der Waals surface area contributed by atoms with Crippen molar-refractivity contribution >= 4 is 22.8 Å². The molecular weight excluding hydrogens is 428 g/mol. The molecule has 8 nitrogen and oxygen atoms in total. The lowest BCUT2D eigenvalue weighted by Crippen LogP contribution is -2.36. The van der Waals surface area contributed by atoms with Crippen molar-refractivity contribution < 1.29 is 8.78 Å². The molecule has 2 heterocycles. The lowest BCUT2D eigenvalue weighted by Gasteiger charge is -2.32. The monoisotopic (exact) mass is 457 g/mol. The zero-order chi connectivity index (χ0) is 23.9. The molecule has 0 aliphatic heterocycles. The number of anilines is 2. The molecule has 10 heteroatoms. The highest BCUT2D eigenvalue weighted by Crippen LogP contribution is 2.26. The average Bonchev–Trinajstić information content (AvgIpc) is 2.76. The summed E-state index contributed by atoms with van der Waals surface area (Å²) in [6.07, 6.45) is 5.73. The lowest BCUT2D eigenvalue weighted by atomic mass is 9.91. The van der Waals surface area contributed by atoms with Crippen molar-refractivity contribution in [3.63, 3.8) is 0 Å². The zero-order valence-corrected chi connectivity index (χ0v) is 19.3. The fourth-order valence-corrected chi connectivity index (χ4v) is 4.38. The summed E-state index contributed by atoms with van der Waals surface area (Å²) in [5.41, 5.74) is 4.94. The second kappa shape index (κ2) is 9.01. The molecule has 1 aliphatic carbocycles.